The van der Waals surface area contributed by atoms with E-state index in [1.54, 1.807) is 18.2 Å². The average Bonchev–Trinajstić information content (AvgIpc) is 2.48. The number of benzene rings is 1. The second-order valence-corrected chi connectivity index (χ2v) is 5.42. The van der Waals surface area contributed by atoms with Gasteiger partial charge in [-0.25, -0.2) is 0 Å². The zero-order valence-corrected chi connectivity index (χ0v) is 11.9. The molecule has 1 saturated carbocycles. The minimum absolute atomic E-state index is 0.0327. The second kappa shape index (κ2) is 7.90. The normalized spacial score (nSPS) is 16.0. The van der Waals surface area contributed by atoms with Crippen LogP contribution < -0.4 is 10.6 Å². The van der Waals surface area contributed by atoms with Crippen molar-refractivity contribution in [3.8, 4) is 5.75 Å². The molecule has 20 heavy (non-hydrogen) atoms. The molecule has 0 radical (unpaired) electrons. The van der Waals surface area contributed by atoms with Gasteiger partial charge in [0.2, 0.25) is 0 Å². The van der Waals surface area contributed by atoms with Gasteiger partial charge in [-0.1, -0.05) is 31.4 Å². The van der Waals surface area contributed by atoms with Crippen molar-refractivity contribution in [1.29, 1.82) is 0 Å². The molecule has 0 aromatic heterocycles. The van der Waals surface area contributed by atoms with Gasteiger partial charge >= 0.3 is 0 Å². The standard InChI is InChI=1S/C16H24N2O2/c19-15-10-5-4-9-14(15)16(20)18-12-6-11-17-13-7-2-1-3-8-13/h4-5,9-10,13,17,19H,1-3,6-8,11-12H2,(H,18,20). The number of nitrogens with one attached hydrogen (secondary N) is 2. The molecule has 3 N–H and O–H groups in total. The summed E-state index contributed by atoms with van der Waals surface area (Å²) in [5.41, 5.74) is 0.340. The molecule has 1 fully saturated rings. The predicted octanol–water partition coefficient (Wildman–Crippen LogP) is 2.43. The van der Waals surface area contributed by atoms with Crippen LogP contribution in [0, 0.1) is 0 Å². The second-order valence-electron chi connectivity index (χ2n) is 5.42. The third-order valence-electron chi connectivity index (χ3n) is 3.83. The number of carbonyl (C=O) groups is 1. The minimum atomic E-state index is -0.208. The van der Waals surface area contributed by atoms with Gasteiger partial charge in [0.25, 0.3) is 5.91 Å². The monoisotopic (exact) mass is 276 g/mol. The predicted molar refractivity (Wildman–Crippen MR) is 79.9 cm³/mol. The molecule has 0 aliphatic heterocycles. The van der Waals surface area contributed by atoms with Gasteiger partial charge in [0.15, 0.2) is 0 Å². The SMILES string of the molecule is O=C(NCCCNC1CCCCC1)c1ccccc1O. The average molecular weight is 276 g/mol. The Hall–Kier alpha value is -1.55. The summed E-state index contributed by atoms with van der Waals surface area (Å²) in [4.78, 5) is 11.8. The van der Waals surface area contributed by atoms with E-state index in [4.69, 9.17) is 0 Å². The Kier molecular flexibility index (Phi) is 5.87. The van der Waals surface area contributed by atoms with Crippen molar-refractivity contribution >= 4 is 5.91 Å². The van der Waals surface area contributed by atoms with Crippen LogP contribution in [-0.4, -0.2) is 30.1 Å². The summed E-state index contributed by atoms with van der Waals surface area (Å²) in [7, 11) is 0. The van der Waals surface area contributed by atoms with Gasteiger partial charge in [-0.3, -0.25) is 4.79 Å². The summed E-state index contributed by atoms with van der Waals surface area (Å²) < 4.78 is 0. The largest absolute Gasteiger partial charge is 0.507 e. The maximum atomic E-state index is 11.8. The van der Waals surface area contributed by atoms with Crippen molar-refractivity contribution < 1.29 is 9.90 Å². The molecule has 0 spiro atoms. The lowest BCUT2D eigenvalue weighted by atomic mass is 9.95. The number of amides is 1. The molecule has 1 amide bonds. The smallest absolute Gasteiger partial charge is 0.255 e. The molecule has 1 aliphatic rings. The Bertz CT molecular complexity index is 428. The van der Waals surface area contributed by atoms with Gasteiger partial charge in [0, 0.05) is 12.6 Å². The zero-order valence-electron chi connectivity index (χ0n) is 11.9. The molecule has 0 heterocycles. The van der Waals surface area contributed by atoms with E-state index < -0.39 is 0 Å². The fraction of sp³-hybridized carbons (Fsp3) is 0.562. The van der Waals surface area contributed by atoms with Crippen LogP contribution in [0.15, 0.2) is 24.3 Å². The summed E-state index contributed by atoms with van der Waals surface area (Å²) in [6.45, 7) is 1.57. The molecule has 0 unspecified atom stereocenters. The molecule has 0 saturated heterocycles. The molecule has 110 valence electrons. The summed E-state index contributed by atoms with van der Waals surface area (Å²) in [5, 5.41) is 16.0. The first-order chi connectivity index (χ1) is 9.77. The Morgan fingerprint density at radius 3 is 2.65 bits per heavy atom. The summed E-state index contributed by atoms with van der Waals surface area (Å²) >= 11 is 0. The van der Waals surface area contributed by atoms with E-state index in [9.17, 15) is 9.90 Å². The summed E-state index contributed by atoms with van der Waals surface area (Å²) in [5.74, 6) is -0.175. The molecular weight excluding hydrogens is 252 g/mol. The van der Waals surface area contributed by atoms with Crippen LogP contribution in [0.1, 0.15) is 48.9 Å². The van der Waals surface area contributed by atoms with Crippen LogP contribution >= 0.6 is 0 Å². The van der Waals surface area contributed by atoms with Crippen molar-refractivity contribution in [1.82, 2.24) is 10.6 Å². The number of phenols is 1. The van der Waals surface area contributed by atoms with Crippen LogP contribution in [0.4, 0.5) is 0 Å². The highest BCUT2D eigenvalue weighted by molar-refractivity contribution is 5.96. The van der Waals surface area contributed by atoms with Crippen LogP contribution in [0.2, 0.25) is 0 Å². The highest BCUT2D eigenvalue weighted by atomic mass is 16.3. The third-order valence-corrected chi connectivity index (χ3v) is 3.83. The van der Waals surface area contributed by atoms with E-state index in [0.29, 0.717) is 18.2 Å². The molecule has 2 rings (SSSR count). The Morgan fingerprint density at radius 1 is 1.15 bits per heavy atom. The number of hydrogen-bond donors (Lipinski definition) is 3. The van der Waals surface area contributed by atoms with Gasteiger partial charge in [-0.2, -0.15) is 0 Å². The maximum absolute atomic E-state index is 11.8. The molecule has 0 atom stereocenters. The first-order valence-electron chi connectivity index (χ1n) is 7.57. The Morgan fingerprint density at radius 2 is 1.90 bits per heavy atom. The van der Waals surface area contributed by atoms with E-state index in [1.165, 1.54) is 38.2 Å². The fourth-order valence-corrected chi connectivity index (χ4v) is 2.66. The van der Waals surface area contributed by atoms with Crippen molar-refractivity contribution in [2.24, 2.45) is 0 Å². The molecule has 1 aliphatic carbocycles. The van der Waals surface area contributed by atoms with Crippen molar-refractivity contribution in [2.75, 3.05) is 13.1 Å². The molecule has 0 bridgehead atoms. The van der Waals surface area contributed by atoms with Gasteiger partial charge in [0.05, 0.1) is 5.56 Å². The van der Waals surface area contributed by atoms with Crippen molar-refractivity contribution in [2.45, 2.75) is 44.6 Å². The van der Waals surface area contributed by atoms with E-state index in [0.717, 1.165) is 13.0 Å². The third kappa shape index (κ3) is 4.53. The van der Waals surface area contributed by atoms with E-state index in [1.807, 2.05) is 0 Å². The summed E-state index contributed by atoms with van der Waals surface area (Å²) in [6.07, 6.45) is 7.52. The first-order valence-corrected chi connectivity index (χ1v) is 7.57. The van der Waals surface area contributed by atoms with Crippen LogP contribution in [-0.2, 0) is 0 Å². The van der Waals surface area contributed by atoms with E-state index >= 15 is 0 Å². The fourth-order valence-electron chi connectivity index (χ4n) is 2.66. The van der Waals surface area contributed by atoms with E-state index in [2.05, 4.69) is 10.6 Å². The number of para-hydroxylation sites is 1. The van der Waals surface area contributed by atoms with Crippen molar-refractivity contribution in [3.05, 3.63) is 29.8 Å². The number of hydrogen-bond acceptors (Lipinski definition) is 3. The molecule has 1 aromatic rings. The van der Waals surface area contributed by atoms with Gasteiger partial charge < -0.3 is 15.7 Å². The Balaban J connectivity index is 1.61. The lowest BCUT2D eigenvalue weighted by molar-refractivity contribution is 0.0950. The number of phenolic OH excluding ortho intramolecular Hbond substituents is 1. The number of carbonyl (C=O) groups excluding carboxylic acids is 1. The number of aromatic hydroxyl groups is 1. The van der Waals surface area contributed by atoms with E-state index in [-0.39, 0.29) is 11.7 Å². The lowest BCUT2D eigenvalue weighted by Crippen LogP contribution is -2.34. The van der Waals surface area contributed by atoms with Crippen LogP contribution in [0.5, 0.6) is 5.75 Å². The maximum Gasteiger partial charge on any atom is 0.255 e. The molecule has 4 nitrogen and oxygen atoms in total. The summed E-state index contributed by atoms with van der Waals surface area (Å²) in [6, 6.07) is 7.28. The lowest BCUT2D eigenvalue weighted by Gasteiger charge is -2.22. The first kappa shape index (κ1) is 14.9. The Labute approximate surface area is 120 Å². The van der Waals surface area contributed by atoms with Crippen LogP contribution in [0.3, 0.4) is 0 Å². The number of rotatable bonds is 6. The van der Waals surface area contributed by atoms with Gasteiger partial charge in [-0.05, 0) is 37.9 Å². The molecular formula is C16H24N2O2. The highest BCUT2D eigenvalue weighted by Crippen LogP contribution is 2.17. The molecule has 1 aromatic carbocycles. The van der Waals surface area contributed by atoms with Crippen molar-refractivity contribution in [3.63, 3.8) is 0 Å². The minimum Gasteiger partial charge on any atom is -0.507 e. The van der Waals surface area contributed by atoms with Gasteiger partial charge in [-0.15, -0.1) is 0 Å². The zero-order chi connectivity index (χ0) is 14.2. The topological polar surface area (TPSA) is 61.4 Å². The quantitative estimate of drug-likeness (QED) is 0.699. The van der Waals surface area contributed by atoms with Crippen LogP contribution in [0.25, 0.3) is 0 Å². The van der Waals surface area contributed by atoms with Gasteiger partial charge in [0.1, 0.15) is 5.75 Å². The highest BCUT2D eigenvalue weighted by Gasteiger charge is 2.12. The molecule has 4 heteroatoms.